The molecule has 142 valence electrons. The second-order valence-electron chi connectivity index (χ2n) is 6.77. The van der Waals surface area contributed by atoms with Crippen molar-refractivity contribution in [2.45, 2.75) is 25.7 Å². The largest absolute Gasteiger partial charge is 0.494 e. The number of ether oxygens (including phenoxy) is 1. The first-order chi connectivity index (χ1) is 13.7. The van der Waals surface area contributed by atoms with Crippen LogP contribution >= 0.6 is 0 Å². The van der Waals surface area contributed by atoms with Gasteiger partial charge in [-0.1, -0.05) is 49.4 Å². The molecule has 4 rings (SSSR count). The number of aromatic nitrogens is 2. The zero-order valence-corrected chi connectivity index (χ0v) is 15.6. The van der Waals surface area contributed by atoms with Gasteiger partial charge in [0.25, 0.3) is 5.56 Å². The number of fused-ring (bicyclic) bond motifs is 1. The second-order valence-corrected chi connectivity index (χ2v) is 6.77. The Balaban J connectivity index is 1.73. The van der Waals surface area contributed by atoms with Gasteiger partial charge in [0.2, 0.25) is 5.91 Å². The van der Waals surface area contributed by atoms with E-state index >= 15 is 0 Å². The Morgan fingerprint density at radius 3 is 2.54 bits per heavy atom. The summed E-state index contributed by atoms with van der Waals surface area (Å²) in [5.41, 5.74) is 1.93. The summed E-state index contributed by atoms with van der Waals surface area (Å²) in [6.45, 7) is 2.70. The minimum absolute atomic E-state index is 0.152. The number of hydrogen-bond donors (Lipinski definition) is 2. The van der Waals surface area contributed by atoms with Gasteiger partial charge in [-0.05, 0) is 24.1 Å². The van der Waals surface area contributed by atoms with Crippen molar-refractivity contribution in [3.63, 3.8) is 0 Å². The summed E-state index contributed by atoms with van der Waals surface area (Å²) in [6, 6.07) is 16.9. The van der Waals surface area contributed by atoms with E-state index in [0.29, 0.717) is 23.8 Å². The number of carbonyl (C=O) groups excluding carboxylic acids is 1. The van der Waals surface area contributed by atoms with Crippen molar-refractivity contribution in [3.8, 4) is 17.1 Å². The maximum Gasteiger partial charge on any atom is 0.257 e. The van der Waals surface area contributed by atoms with Crippen LogP contribution in [-0.2, 0) is 4.79 Å². The molecule has 1 aliphatic rings. The number of carbonyl (C=O) groups is 1. The van der Waals surface area contributed by atoms with Gasteiger partial charge in [-0.2, -0.15) is 0 Å². The standard InChI is InChI=1S/C22H21N3O3/c1-2-12-28-16-10-8-14(9-11-16)17-13-18(26)23-21-19(17)22(27)25-20(24-21)15-6-4-3-5-7-15/h3-11,17H,2,12-13H2,1H3,(H2,23,24,25,26,27)/t17-/m0/s1. The second kappa shape index (κ2) is 7.68. The van der Waals surface area contributed by atoms with Crippen LogP contribution in [0.15, 0.2) is 59.4 Å². The van der Waals surface area contributed by atoms with Crippen LogP contribution in [0.3, 0.4) is 0 Å². The maximum absolute atomic E-state index is 12.9. The number of nitrogens with one attached hydrogen (secondary N) is 2. The molecule has 0 radical (unpaired) electrons. The van der Waals surface area contributed by atoms with E-state index in [1.54, 1.807) is 0 Å². The van der Waals surface area contributed by atoms with Crippen LogP contribution in [0.25, 0.3) is 11.4 Å². The lowest BCUT2D eigenvalue weighted by Crippen LogP contribution is -2.31. The van der Waals surface area contributed by atoms with Crippen LogP contribution in [-0.4, -0.2) is 22.5 Å². The Morgan fingerprint density at radius 2 is 1.82 bits per heavy atom. The summed E-state index contributed by atoms with van der Waals surface area (Å²) < 4.78 is 5.62. The fraction of sp³-hybridized carbons (Fsp3) is 0.227. The third-order valence-electron chi connectivity index (χ3n) is 4.75. The molecule has 0 aliphatic carbocycles. The quantitative estimate of drug-likeness (QED) is 0.712. The lowest BCUT2D eigenvalue weighted by Gasteiger charge is -2.24. The highest BCUT2D eigenvalue weighted by Crippen LogP contribution is 2.35. The van der Waals surface area contributed by atoms with Gasteiger partial charge in [0.1, 0.15) is 17.4 Å². The van der Waals surface area contributed by atoms with Crippen molar-refractivity contribution in [1.82, 2.24) is 9.97 Å². The van der Waals surface area contributed by atoms with Gasteiger partial charge in [-0.15, -0.1) is 0 Å². The Kier molecular flexibility index (Phi) is 4.93. The number of aromatic amines is 1. The molecule has 6 nitrogen and oxygen atoms in total. The van der Waals surface area contributed by atoms with Crippen LogP contribution in [0.2, 0.25) is 0 Å². The smallest absolute Gasteiger partial charge is 0.257 e. The van der Waals surface area contributed by atoms with Crippen LogP contribution in [0.5, 0.6) is 5.75 Å². The predicted octanol–water partition coefficient (Wildman–Crippen LogP) is 3.70. The number of nitrogens with zero attached hydrogens (tertiary/aromatic N) is 1. The van der Waals surface area contributed by atoms with Crippen molar-refractivity contribution in [2.75, 3.05) is 11.9 Å². The van der Waals surface area contributed by atoms with Crippen molar-refractivity contribution in [1.29, 1.82) is 0 Å². The van der Waals surface area contributed by atoms with Gasteiger partial charge in [-0.25, -0.2) is 4.98 Å². The molecular formula is C22H21N3O3. The molecule has 1 aliphatic heterocycles. The third-order valence-corrected chi connectivity index (χ3v) is 4.75. The summed E-state index contributed by atoms with van der Waals surface area (Å²) >= 11 is 0. The molecule has 0 unspecified atom stereocenters. The minimum atomic E-state index is -0.343. The normalized spacial score (nSPS) is 15.6. The summed E-state index contributed by atoms with van der Waals surface area (Å²) in [5, 5.41) is 2.76. The van der Waals surface area contributed by atoms with Crippen molar-refractivity contribution >= 4 is 11.7 Å². The number of H-pyrrole nitrogens is 1. The molecule has 3 aromatic rings. The molecule has 2 heterocycles. The molecule has 1 atom stereocenters. The number of benzene rings is 2. The van der Waals surface area contributed by atoms with Gasteiger partial charge >= 0.3 is 0 Å². The Bertz CT molecular complexity index is 1040. The fourth-order valence-electron chi connectivity index (χ4n) is 3.41. The monoisotopic (exact) mass is 375 g/mol. The molecule has 2 N–H and O–H groups in total. The predicted molar refractivity (Wildman–Crippen MR) is 108 cm³/mol. The van der Waals surface area contributed by atoms with E-state index in [1.807, 2.05) is 54.6 Å². The zero-order valence-electron chi connectivity index (χ0n) is 15.6. The molecule has 0 saturated heterocycles. The summed E-state index contributed by atoms with van der Waals surface area (Å²) in [7, 11) is 0. The van der Waals surface area contributed by atoms with Crippen molar-refractivity contribution in [3.05, 3.63) is 76.1 Å². The molecule has 2 aromatic carbocycles. The first kappa shape index (κ1) is 18.0. The fourth-order valence-corrected chi connectivity index (χ4v) is 3.41. The SMILES string of the molecule is CCCOc1ccc([C@@H]2CC(=O)Nc3nc(-c4ccccc4)[nH]c(=O)c32)cc1. The van der Waals surface area contributed by atoms with Crippen LogP contribution in [0.1, 0.15) is 36.8 Å². The molecule has 6 heteroatoms. The van der Waals surface area contributed by atoms with Crippen LogP contribution < -0.4 is 15.6 Å². The number of rotatable bonds is 5. The van der Waals surface area contributed by atoms with Crippen LogP contribution in [0.4, 0.5) is 5.82 Å². The summed E-state index contributed by atoms with van der Waals surface area (Å²) in [6.07, 6.45) is 1.14. The summed E-state index contributed by atoms with van der Waals surface area (Å²) in [4.78, 5) is 32.6. The highest BCUT2D eigenvalue weighted by Gasteiger charge is 2.31. The van der Waals surface area contributed by atoms with Gasteiger partial charge < -0.3 is 15.0 Å². The lowest BCUT2D eigenvalue weighted by atomic mass is 9.87. The maximum atomic E-state index is 12.9. The Morgan fingerprint density at radius 1 is 1.07 bits per heavy atom. The van der Waals surface area contributed by atoms with E-state index in [9.17, 15) is 9.59 Å². The highest BCUT2D eigenvalue weighted by molar-refractivity contribution is 5.94. The molecule has 0 fully saturated rings. The van der Waals surface area contributed by atoms with Gasteiger partial charge in [-0.3, -0.25) is 9.59 Å². The van der Waals surface area contributed by atoms with Crippen molar-refractivity contribution in [2.24, 2.45) is 0 Å². The van der Waals surface area contributed by atoms with Crippen LogP contribution in [0, 0.1) is 0 Å². The molecular weight excluding hydrogens is 354 g/mol. The van der Waals surface area contributed by atoms with Gasteiger partial charge in [0.05, 0.1) is 12.2 Å². The number of hydrogen-bond acceptors (Lipinski definition) is 4. The van der Waals surface area contributed by atoms with E-state index in [4.69, 9.17) is 4.74 Å². The molecule has 0 saturated carbocycles. The Labute approximate surface area is 162 Å². The van der Waals surface area contributed by atoms with E-state index in [-0.39, 0.29) is 23.8 Å². The van der Waals surface area contributed by atoms with Gasteiger partial charge in [0, 0.05) is 17.9 Å². The highest BCUT2D eigenvalue weighted by atomic mass is 16.5. The lowest BCUT2D eigenvalue weighted by molar-refractivity contribution is -0.116. The number of amides is 1. The molecule has 1 amide bonds. The third kappa shape index (κ3) is 3.53. The van der Waals surface area contributed by atoms with E-state index in [1.165, 1.54) is 0 Å². The molecule has 1 aromatic heterocycles. The molecule has 0 bridgehead atoms. The molecule has 0 spiro atoms. The zero-order chi connectivity index (χ0) is 19.5. The van der Waals surface area contributed by atoms with Crippen molar-refractivity contribution < 1.29 is 9.53 Å². The first-order valence-corrected chi connectivity index (χ1v) is 9.38. The minimum Gasteiger partial charge on any atom is -0.494 e. The molecule has 28 heavy (non-hydrogen) atoms. The van der Waals surface area contributed by atoms with Gasteiger partial charge in [0.15, 0.2) is 0 Å². The van der Waals surface area contributed by atoms with E-state index in [2.05, 4.69) is 22.2 Å². The Hall–Kier alpha value is -3.41. The number of anilines is 1. The summed E-state index contributed by atoms with van der Waals surface area (Å²) in [5.74, 6) is 1.05. The van der Waals surface area contributed by atoms with E-state index in [0.717, 1.165) is 23.3 Å². The average molecular weight is 375 g/mol. The average Bonchev–Trinajstić information content (AvgIpc) is 2.72. The topological polar surface area (TPSA) is 84.1 Å². The first-order valence-electron chi connectivity index (χ1n) is 9.38. The van der Waals surface area contributed by atoms with E-state index < -0.39 is 0 Å².